The van der Waals surface area contributed by atoms with Crippen molar-refractivity contribution in [3.8, 4) is 11.3 Å². The predicted octanol–water partition coefficient (Wildman–Crippen LogP) is 0.259. The fraction of sp³-hybridized carbons (Fsp3) is 0.0909. The third-order valence-electron chi connectivity index (χ3n) is 2.17. The van der Waals surface area contributed by atoms with Gasteiger partial charge in [-0.1, -0.05) is 30.3 Å². The highest BCUT2D eigenvalue weighted by molar-refractivity contribution is 5.75. The second-order valence-corrected chi connectivity index (χ2v) is 3.40. The van der Waals surface area contributed by atoms with Gasteiger partial charge in [0.15, 0.2) is 5.69 Å². The normalized spacial score (nSPS) is 10.2. The zero-order valence-corrected chi connectivity index (χ0v) is 9.01. The molecule has 0 unspecified atom stereocenters. The lowest BCUT2D eigenvalue weighted by molar-refractivity contribution is 0.0913. The van der Waals surface area contributed by atoms with Crippen LogP contribution in [0.5, 0.6) is 0 Å². The highest BCUT2D eigenvalue weighted by atomic mass is 16.2. The summed E-state index contributed by atoms with van der Waals surface area (Å²) in [6, 6.07) is 8.61. The van der Waals surface area contributed by atoms with Crippen LogP contribution in [0.1, 0.15) is 11.7 Å². The summed E-state index contributed by atoms with van der Waals surface area (Å²) < 4.78 is 0.629. The number of nitrogens with zero attached hydrogens (tertiary/aromatic N) is 2. The van der Waals surface area contributed by atoms with Crippen molar-refractivity contribution in [2.24, 2.45) is 0 Å². The molecule has 1 N–H and O–H groups in total. The number of aromatic amines is 1. The molecule has 17 heavy (non-hydrogen) atoms. The predicted molar refractivity (Wildman–Crippen MR) is 60.9 cm³/mol. The molecule has 2 rings (SSSR count). The van der Waals surface area contributed by atoms with Crippen LogP contribution in [-0.2, 0) is 0 Å². The van der Waals surface area contributed by atoms with Crippen LogP contribution >= 0.6 is 0 Å². The van der Waals surface area contributed by atoms with Gasteiger partial charge < -0.3 is 0 Å². The van der Waals surface area contributed by atoms with Crippen LogP contribution < -0.4 is 11.2 Å². The Hall–Kier alpha value is -2.50. The zero-order chi connectivity index (χ0) is 12.4. The fourth-order valence-electron chi connectivity index (χ4n) is 1.40. The Bertz CT molecular complexity index is 670. The first-order valence-electron chi connectivity index (χ1n) is 4.89. The lowest BCUT2D eigenvalue weighted by Gasteiger charge is -2.02. The number of hydrogen-bond donors (Lipinski definition) is 1. The maximum atomic E-state index is 11.6. The van der Waals surface area contributed by atoms with Gasteiger partial charge >= 0.3 is 5.69 Å². The molecule has 0 aliphatic heterocycles. The second kappa shape index (κ2) is 4.17. The van der Waals surface area contributed by atoms with E-state index in [-0.39, 0.29) is 5.69 Å². The Morgan fingerprint density at radius 2 is 1.88 bits per heavy atom. The summed E-state index contributed by atoms with van der Waals surface area (Å²) in [4.78, 5) is 36.1. The Morgan fingerprint density at radius 3 is 2.47 bits per heavy atom. The first-order chi connectivity index (χ1) is 8.09. The molecule has 0 aliphatic rings. The summed E-state index contributed by atoms with van der Waals surface area (Å²) in [6.07, 6.45) is 0. The van der Waals surface area contributed by atoms with E-state index in [1.54, 1.807) is 30.3 Å². The van der Waals surface area contributed by atoms with E-state index >= 15 is 0 Å². The molecule has 1 heterocycles. The van der Waals surface area contributed by atoms with E-state index in [2.05, 4.69) is 10.1 Å². The average Bonchev–Trinajstić information content (AvgIpc) is 2.29. The minimum Gasteiger partial charge on any atom is -0.273 e. The summed E-state index contributed by atoms with van der Waals surface area (Å²) in [5, 5.41) is 3.75. The number of aromatic nitrogens is 3. The number of carbonyl (C=O) groups is 1. The molecule has 86 valence electrons. The smallest absolute Gasteiger partial charge is 0.273 e. The van der Waals surface area contributed by atoms with Crippen molar-refractivity contribution in [1.29, 1.82) is 0 Å². The van der Waals surface area contributed by atoms with E-state index in [1.807, 2.05) is 0 Å². The van der Waals surface area contributed by atoms with Crippen LogP contribution in [-0.4, -0.2) is 20.7 Å². The molecule has 0 fully saturated rings. The largest absolute Gasteiger partial charge is 0.352 e. The fourth-order valence-corrected chi connectivity index (χ4v) is 1.40. The van der Waals surface area contributed by atoms with Crippen LogP contribution in [0, 0.1) is 0 Å². The van der Waals surface area contributed by atoms with Crippen molar-refractivity contribution in [3.05, 3.63) is 51.2 Å². The minimum absolute atomic E-state index is 0.0420. The molecule has 0 amide bonds. The first-order valence-corrected chi connectivity index (χ1v) is 4.89. The summed E-state index contributed by atoms with van der Waals surface area (Å²) in [5.74, 6) is -0.552. The van der Waals surface area contributed by atoms with Crippen LogP contribution in [0.3, 0.4) is 0 Å². The van der Waals surface area contributed by atoms with E-state index in [9.17, 15) is 14.4 Å². The Morgan fingerprint density at radius 1 is 1.24 bits per heavy atom. The highest BCUT2D eigenvalue weighted by Crippen LogP contribution is 2.09. The standard InChI is InChI=1S/C11H9N3O3/c1-7(15)14-11(17)12-10(16)9(13-14)8-5-3-2-4-6-8/h2-6H,1H3,(H,12,16,17). The van der Waals surface area contributed by atoms with Gasteiger partial charge in [0.2, 0.25) is 5.91 Å². The monoisotopic (exact) mass is 231 g/mol. The molecule has 6 heteroatoms. The van der Waals surface area contributed by atoms with Crippen LogP contribution in [0.15, 0.2) is 39.9 Å². The van der Waals surface area contributed by atoms with Crippen molar-refractivity contribution in [2.75, 3.05) is 0 Å². The van der Waals surface area contributed by atoms with E-state index < -0.39 is 17.2 Å². The van der Waals surface area contributed by atoms with E-state index in [0.29, 0.717) is 10.2 Å². The van der Waals surface area contributed by atoms with Gasteiger partial charge in [-0.3, -0.25) is 14.6 Å². The molecule has 6 nitrogen and oxygen atoms in total. The van der Waals surface area contributed by atoms with Gasteiger partial charge in [0.05, 0.1) is 0 Å². The quantitative estimate of drug-likeness (QED) is 0.762. The number of rotatable bonds is 1. The molecule has 0 atom stereocenters. The van der Waals surface area contributed by atoms with Gasteiger partial charge in [-0.05, 0) is 0 Å². The molecule has 1 aromatic carbocycles. The number of H-pyrrole nitrogens is 1. The third kappa shape index (κ3) is 2.05. The van der Waals surface area contributed by atoms with Crippen LogP contribution in [0.25, 0.3) is 11.3 Å². The van der Waals surface area contributed by atoms with E-state index in [0.717, 1.165) is 0 Å². The summed E-state index contributed by atoms with van der Waals surface area (Å²) >= 11 is 0. The second-order valence-electron chi connectivity index (χ2n) is 3.40. The Labute approximate surface area is 95.5 Å². The van der Waals surface area contributed by atoms with Gasteiger partial charge in [-0.15, -0.1) is 4.68 Å². The van der Waals surface area contributed by atoms with Gasteiger partial charge in [0.25, 0.3) is 5.56 Å². The molecule has 0 radical (unpaired) electrons. The maximum absolute atomic E-state index is 11.6. The molecule has 2 aromatic rings. The summed E-state index contributed by atoms with van der Waals surface area (Å²) in [7, 11) is 0. The number of carbonyl (C=O) groups excluding carboxylic acids is 1. The zero-order valence-electron chi connectivity index (χ0n) is 9.01. The van der Waals surface area contributed by atoms with Gasteiger partial charge in [-0.2, -0.15) is 5.10 Å². The van der Waals surface area contributed by atoms with Crippen LogP contribution in [0.4, 0.5) is 0 Å². The average molecular weight is 231 g/mol. The molecule has 0 saturated carbocycles. The molecule has 0 spiro atoms. The van der Waals surface area contributed by atoms with E-state index in [1.165, 1.54) is 6.92 Å². The van der Waals surface area contributed by atoms with E-state index in [4.69, 9.17) is 0 Å². The molecule has 1 aromatic heterocycles. The number of nitrogens with one attached hydrogen (secondary N) is 1. The summed E-state index contributed by atoms with van der Waals surface area (Å²) in [5.41, 5.74) is -0.856. The third-order valence-corrected chi connectivity index (χ3v) is 2.17. The van der Waals surface area contributed by atoms with Crippen molar-refractivity contribution in [1.82, 2.24) is 14.8 Å². The molecular formula is C11H9N3O3. The van der Waals surface area contributed by atoms with Crippen molar-refractivity contribution in [2.45, 2.75) is 6.92 Å². The number of hydrogen-bond acceptors (Lipinski definition) is 4. The maximum Gasteiger partial charge on any atom is 0.352 e. The topological polar surface area (TPSA) is 84.8 Å². The molecule has 0 saturated heterocycles. The van der Waals surface area contributed by atoms with Crippen molar-refractivity contribution >= 4 is 5.91 Å². The van der Waals surface area contributed by atoms with Gasteiger partial charge in [0, 0.05) is 12.5 Å². The Kier molecular flexibility index (Phi) is 2.70. The molecule has 0 aliphatic carbocycles. The van der Waals surface area contributed by atoms with Crippen molar-refractivity contribution in [3.63, 3.8) is 0 Å². The Balaban J connectivity index is 2.72. The number of benzene rings is 1. The highest BCUT2D eigenvalue weighted by Gasteiger charge is 2.10. The van der Waals surface area contributed by atoms with Crippen molar-refractivity contribution < 1.29 is 4.79 Å². The SMILES string of the molecule is CC(=O)n1nc(-c2ccccc2)c(=O)[nH]c1=O. The molecule has 0 bridgehead atoms. The first kappa shape index (κ1) is 11.0. The van der Waals surface area contributed by atoms with Crippen LogP contribution in [0.2, 0.25) is 0 Å². The lowest BCUT2D eigenvalue weighted by atomic mass is 10.2. The molecular weight excluding hydrogens is 222 g/mol. The van der Waals surface area contributed by atoms with Gasteiger partial charge in [-0.25, -0.2) is 4.79 Å². The lowest BCUT2D eigenvalue weighted by Crippen LogP contribution is -2.36. The summed E-state index contributed by atoms with van der Waals surface area (Å²) in [6.45, 7) is 1.20. The minimum atomic E-state index is -0.831. The van der Waals surface area contributed by atoms with Gasteiger partial charge in [0.1, 0.15) is 0 Å².